The van der Waals surface area contributed by atoms with E-state index in [0.29, 0.717) is 39.1 Å². The van der Waals surface area contributed by atoms with Crippen LogP contribution in [0.1, 0.15) is 315 Å². The minimum atomic E-state index is -4.06. The molecule has 0 saturated heterocycles. The zero-order valence-corrected chi connectivity index (χ0v) is 56.8. The number of alkyl halides is 3. The zero-order valence-electron chi connectivity index (χ0n) is 56.8. The van der Waals surface area contributed by atoms with Gasteiger partial charge in [0.15, 0.2) is 0 Å². The Morgan fingerprint density at radius 1 is 0.333 bits per heavy atom. The normalized spacial score (nSPS) is 14.2. The Morgan fingerprint density at radius 3 is 0.736 bits per heavy atom. The van der Waals surface area contributed by atoms with Crippen molar-refractivity contribution in [2.24, 2.45) is 54.1 Å². The number of rotatable bonds is 4. The van der Waals surface area contributed by atoms with E-state index in [-0.39, 0.29) is 33.0 Å². The van der Waals surface area contributed by atoms with Gasteiger partial charge in [0.2, 0.25) is 0 Å². The van der Waals surface area contributed by atoms with Gasteiger partial charge in [-0.1, -0.05) is 196 Å². The molecule has 0 rings (SSSR count). The Bertz CT molecular complexity index is 1390. The van der Waals surface area contributed by atoms with Gasteiger partial charge in [0, 0.05) is 16.2 Å². The first-order chi connectivity index (χ1) is 30.2. The summed E-state index contributed by atoms with van der Waals surface area (Å²) in [7, 11) is 0. The molecule has 0 aromatic heterocycles. The summed E-state index contributed by atoms with van der Waals surface area (Å²) in [6, 6.07) is 0. The van der Waals surface area contributed by atoms with Gasteiger partial charge >= 0.3 is 6.18 Å². The van der Waals surface area contributed by atoms with Gasteiger partial charge in [0.1, 0.15) is 12.2 Å². The van der Waals surface area contributed by atoms with Crippen molar-refractivity contribution in [2.75, 3.05) is 6.61 Å². The topological polar surface area (TPSA) is 38.7 Å². The highest BCUT2D eigenvalue weighted by Crippen LogP contribution is 2.36. The van der Waals surface area contributed by atoms with Gasteiger partial charge in [-0.3, -0.25) is 0 Å². The maximum atomic E-state index is 11.6. The molecule has 0 aliphatic carbocycles. The van der Waals surface area contributed by atoms with Crippen LogP contribution in [0.15, 0.2) is 0 Å². The van der Waals surface area contributed by atoms with Gasteiger partial charge in [-0.2, -0.15) is 13.2 Å². The lowest BCUT2D eigenvalue weighted by Gasteiger charge is -2.32. The summed E-state index contributed by atoms with van der Waals surface area (Å²) in [5.41, 5.74) is 0.269. The first-order valence-corrected chi connectivity index (χ1v) is 27.4. The third-order valence-corrected chi connectivity index (χ3v) is 9.18. The molecular weight excluding hydrogens is 898 g/mol. The summed E-state index contributed by atoms with van der Waals surface area (Å²) in [5, 5.41) is 10.0. The smallest absolute Gasteiger partial charge is 0.377 e. The van der Waals surface area contributed by atoms with E-state index in [1.807, 2.05) is 62.3 Å². The van der Waals surface area contributed by atoms with Crippen LogP contribution < -0.4 is 0 Å². The lowest BCUT2D eigenvalue weighted by molar-refractivity contribution is -0.204. The molecule has 0 aliphatic rings. The number of hydrogen-bond acceptors (Lipinski definition) is 3. The molecule has 0 aromatic rings. The monoisotopic (exact) mass is 1030 g/mol. The van der Waals surface area contributed by atoms with Crippen LogP contribution in [0.3, 0.4) is 0 Å². The second-order valence-electron chi connectivity index (χ2n) is 34.7. The average molecular weight is 1030 g/mol. The SMILES string of the molecule is CC(C)(C)C#CC(C)(O)C(C)(C)C.CC(C)(C)C#CCOC(C)(C)C.CC(C)(C)C(F)(F)F.CC(C)(C)CC(C)(C)C.CC(C)(C)CCC(C)(C)C.CC(C)(C)CCCC(C)(C)C.CC(C)(C)OC(C)(C)C. The highest BCUT2D eigenvalue weighted by molar-refractivity contribution is 5.19. The summed E-state index contributed by atoms with van der Waals surface area (Å²) in [5.74, 6) is 12.1. The maximum absolute atomic E-state index is 11.6. The predicted octanol–water partition coefficient (Wildman–Crippen LogP) is 22.5. The molecule has 72 heavy (non-hydrogen) atoms. The summed E-state index contributed by atoms with van der Waals surface area (Å²) in [6.45, 7) is 84.1. The van der Waals surface area contributed by atoms with Crippen molar-refractivity contribution in [3.05, 3.63) is 0 Å². The van der Waals surface area contributed by atoms with Crippen LogP contribution in [0.2, 0.25) is 0 Å². The van der Waals surface area contributed by atoms with Crippen molar-refractivity contribution in [3.63, 3.8) is 0 Å². The first-order valence-electron chi connectivity index (χ1n) is 27.4. The number of ether oxygens (including phenoxy) is 2. The Balaban J connectivity index is -0.000000138. The molecular formula is C66H135F3O3. The van der Waals surface area contributed by atoms with E-state index >= 15 is 0 Å². The molecule has 0 saturated carbocycles. The standard InChI is InChI=1S/C12H22O.C11H20O.C11H24.C10H22.C9H20.C8H18O.C5H9F3/c1-10(2,3)8-9-12(7,13)11(4,5)6;1-10(2,3)8-7-9-12-11(4,5)6;1-10(2,3)8-7-9-11(4,5)6;1-9(2,3)7-8-10(4,5)6;1-8(2,3)7-9(4,5)6;1-7(2,3)9-8(4,5)6;1-4(2,3)5(6,7)8/h13H,1-7H3;9H2,1-6H3;7-9H2,1-6H3;7-8H2,1-6H3;7H2,1-6H3;1-6H3;1-3H3. The molecule has 1 unspecified atom stereocenters. The second kappa shape index (κ2) is 31.9. The lowest BCUT2D eigenvalue weighted by atomic mass is 9.77. The third-order valence-electron chi connectivity index (χ3n) is 9.18. The molecule has 0 radical (unpaired) electrons. The van der Waals surface area contributed by atoms with Crippen molar-refractivity contribution in [2.45, 2.75) is 344 Å². The van der Waals surface area contributed by atoms with E-state index < -0.39 is 17.2 Å². The second-order valence-corrected chi connectivity index (χ2v) is 34.7. The quantitative estimate of drug-likeness (QED) is 0.285. The Hall–Kier alpha value is -1.21. The third kappa shape index (κ3) is 88.4. The highest BCUT2D eigenvalue weighted by Gasteiger charge is 2.43. The summed E-state index contributed by atoms with van der Waals surface area (Å²) in [6.07, 6.45) is 3.96. The van der Waals surface area contributed by atoms with Crippen LogP contribution in [0, 0.1) is 77.8 Å². The fraction of sp³-hybridized carbons (Fsp3) is 0.939. The van der Waals surface area contributed by atoms with Gasteiger partial charge in [0.05, 0.1) is 22.2 Å². The average Bonchev–Trinajstić information content (AvgIpc) is 2.95. The first kappa shape index (κ1) is 84.7. The van der Waals surface area contributed by atoms with Gasteiger partial charge in [-0.25, -0.2) is 0 Å². The van der Waals surface area contributed by atoms with Gasteiger partial charge in [0.25, 0.3) is 0 Å². The summed E-state index contributed by atoms with van der Waals surface area (Å²) < 4.78 is 45.8. The molecule has 0 bridgehead atoms. The summed E-state index contributed by atoms with van der Waals surface area (Å²) >= 11 is 0. The molecule has 0 spiro atoms. The van der Waals surface area contributed by atoms with Crippen LogP contribution in [0.5, 0.6) is 0 Å². The lowest BCUT2D eigenvalue weighted by Crippen LogP contribution is -2.38. The molecule has 6 heteroatoms. The molecule has 0 amide bonds. The van der Waals surface area contributed by atoms with Crippen LogP contribution in [-0.4, -0.2) is 40.3 Å². The van der Waals surface area contributed by atoms with E-state index in [2.05, 4.69) is 211 Å². The van der Waals surface area contributed by atoms with E-state index in [1.54, 1.807) is 6.92 Å². The van der Waals surface area contributed by atoms with Crippen LogP contribution in [0.4, 0.5) is 13.2 Å². The molecule has 0 aromatic carbocycles. The molecule has 0 heterocycles. The van der Waals surface area contributed by atoms with Crippen LogP contribution >= 0.6 is 0 Å². The minimum Gasteiger partial charge on any atom is -0.377 e. The largest absolute Gasteiger partial charge is 0.393 e. The van der Waals surface area contributed by atoms with Crippen molar-refractivity contribution < 1.29 is 27.8 Å². The fourth-order valence-electron chi connectivity index (χ4n) is 5.46. The molecule has 1 atom stereocenters. The van der Waals surface area contributed by atoms with Crippen molar-refractivity contribution in [1.29, 1.82) is 0 Å². The molecule has 1 N–H and O–H groups in total. The number of halogens is 3. The van der Waals surface area contributed by atoms with E-state index in [0.717, 1.165) is 20.8 Å². The van der Waals surface area contributed by atoms with E-state index in [9.17, 15) is 18.3 Å². The Labute approximate surface area is 454 Å². The van der Waals surface area contributed by atoms with Crippen molar-refractivity contribution in [3.8, 4) is 23.7 Å². The summed E-state index contributed by atoms with van der Waals surface area (Å²) in [4.78, 5) is 0. The van der Waals surface area contributed by atoms with Gasteiger partial charge < -0.3 is 14.6 Å². The fourth-order valence-corrected chi connectivity index (χ4v) is 5.46. The molecule has 0 fully saturated rings. The molecule has 438 valence electrons. The zero-order chi connectivity index (χ0) is 60.7. The Morgan fingerprint density at radius 2 is 0.597 bits per heavy atom. The molecule has 0 aliphatic heterocycles. The predicted molar refractivity (Wildman–Crippen MR) is 321 cm³/mol. The van der Waals surface area contributed by atoms with Crippen LogP contribution in [-0.2, 0) is 9.47 Å². The minimum absolute atomic E-state index is 0.0156. The van der Waals surface area contributed by atoms with Crippen molar-refractivity contribution in [1.82, 2.24) is 0 Å². The van der Waals surface area contributed by atoms with Crippen LogP contribution in [0.25, 0.3) is 0 Å². The van der Waals surface area contributed by atoms with Gasteiger partial charge in [-0.05, 0) is 175 Å². The maximum Gasteiger partial charge on any atom is 0.393 e. The number of aliphatic hydroxyl groups is 1. The van der Waals surface area contributed by atoms with E-state index in [1.165, 1.54) is 38.5 Å². The van der Waals surface area contributed by atoms with Gasteiger partial charge in [-0.15, -0.1) is 0 Å². The van der Waals surface area contributed by atoms with Crippen molar-refractivity contribution >= 4 is 0 Å². The van der Waals surface area contributed by atoms with E-state index in [4.69, 9.17) is 9.47 Å². The number of hydrogen-bond donors (Lipinski definition) is 1. The molecule has 3 nitrogen and oxygen atoms in total. The Kier molecular flexibility index (Phi) is 37.5. The highest BCUT2D eigenvalue weighted by atomic mass is 19.4.